The van der Waals surface area contributed by atoms with E-state index in [9.17, 15) is 24.2 Å². The average molecular weight is 875 g/mol. The molecule has 10 nitrogen and oxygen atoms in total. The van der Waals surface area contributed by atoms with Crippen LogP contribution in [0.5, 0.6) is 0 Å². The van der Waals surface area contributed by atoms with Gasteiger partial charge in [-0.1, -0.05) is 162 Å². The number of rotatable bonds is 42. The second kappa shape index (κ2) is 44.9. The van der Waals surface area contributed by atoms with Crippen LogP contribution in [0.25, 0.3) is 0 Å². The lowest BCUT2D eigenvalue weighted by atomic mass is 10.1. The van der Waals surface area contributed by atoms with Crippen LogP contribution in [0.15, 0.2) is 97.2 Å². The zero-order valence-corrected chi connectivity index (χ0v) is 38.7. The second-order valence-corrected chi connectivity index (χ2v) is 16.5. The SMILES string of the molecule is CCCCC/C=C/C/C=C/C/C=C/C/C=C/CCCC(=O)OC[C@H](COP(=O)(O)OC[C@@H](O)CO)OC(=O)CCC/C=C/C/C=C/C/C=C/C/C=C/CCCCCCCCC. The molecular formula is C50H83O10P. The summed E-state index contributed by atoms with van der Waals surface area (Å²) in [5.74, 6) is -1.06. The van der Waals surface area contributed by atoms with Gasteiger partial charge in [0.1, 0.15) is 12.7 Å². The number of carbonyl (C=O) groups is 2. The molecule has 0 radical (unpaired) electrons. The van der Waals surface area contributed by atoms with E-state index in [1.165, 1.54) is 70.6 Å². The third-order valence-corrected chi connectivity index (χ3v) is 10.2. The molecule has 0 rings (SSSR count). The number of aliphatic hydroxyl groups is 2. The van der Waals surface area contributed by atoms with Crippen LogP contribution in [0.4, 0.5) is 0 Å². The molecule has 0 saturated heterocycles. The fraction of sp³-hybridized carbons (Fsp3) is 0.640. The normalized spacial score (nSPS) is 14.6. The van der Waals surface area contributed by atoms with E-state index in [1.54, 1.807) is 0 Å². The zero-order valence-electron chi connectivity index (χ0n) is 37.8. The van der Waals surface area contributed by atoms with Crippen LogP contribution in [0.1, 0.15) is 168 Å². The van der Waals surface area contributed by atoms with Gasteiger partial charge in [0.15, 0.2) is 6.10 Å². The first-order valence-electron chi connectivity index (χ1n) is 23.2. The highest BCUT2D eigenvalue weighted by Crippen LogP contribution is 2.43. The molecule has 0 aromatic rings. The van der Waals surface area contributed by atoms with Crippen molar-refractivity contribution in [2.24, 2.45) is 0 Å². The number of allylic oxidation sites excluding steroid dienone is 16. The van der Waals surface area contributed by atoms with Gasteiger partial charge in [0.25, 0.3) is 0 Å². The maximum Gasteiger partial charge on any atom is 0.472 e. The predicted octanol–water partition coefficient (Wildman–Crippen LogP) is 12.8. The van der Waals surface area contributed by atoms with Crippen molar-refractivity contribution >= 4 is 19.8 Å². The number of ether oxygens (including phenoxy) is 2. The Labute approximate surface area is 370 Å². The summed E-state index contributed by atoms with van der Waals surface area (Å²) in [5.41, 5.74) is 0. The van der Waals surface area contributed by atoms with Crippen molar-refractivity contribution in [3.8, 4) is 0 Å². The van der Waals surface area contributed by atoms with Crippen LogP contribution in [0.2, 0.25) is 0 Å². The van der Waals surface area contributed by atoms with Crippen molar-refractivity contribution in [3.05, 3.63) is 97.2 Å². The first kappa shape index (κ1) is 57.9. The Kier molecular flexibility index (Phi) is 42.6. The number of phosphoric ester groups is 1. The van der Waals surface area contributed by atoms with Gasteiger partial charge in [-0.25, -0.2) is 4.57 Å². The molecule has 0 aromatic heterocycles. The summed E-state index contributed by atoms with van der Waals surface area (Å²) in [5, 5.41) is 18.4. The Morgan fingerprint density at radius 1 is 0.492 bits per heavy atom. The highest BCUT2D eigenvalue weighted by molar-refractivity contribution is 7.47. The van der Waals surface area contributed by atoms with Gasteiger partial charge in [0.05, 0.1) is 19.8 Å². The van der Waals surface area contributed by atoms with Crippen LogP contribution < -0.4 is 0 Å². The molecule has 348 valence electrons. The monoisotopic (exact) mass is 875 g/mol. The van der Waals surface area contributed by atoms with Gasteiger partial charge in [0.2, 0.25) is 0 Å². The Morgan fingerprint density at radius 2 is 0.852 bits per heavy atom. The number of hydrogen-bond donors (Lipinski definition) is 3. The molecular weight excluding hydrogens is 792 g/mol. The van der Waals surface area contributed by atoms with E-state index >= 15 is 0 Å². The van der Waals surface area contributed by atoms with Crippen molar-refractivity contribution in [1.29, 1.82) is 0 Å². The first-order valence-corrected chi connectivity index (χ1v) is 24.7. The number of unbranched alkanes of at least 4 members (excludes halogenated alkanes) is 12. The van der Waals surface area contributed by atoms with Crippen LogP contribution in [-0.2, 0) is 32.7 Å². The molecule has 0 amide bonds. The van der Waals surface area contributed by atoms with E-state index in [2.05, 4.69) is 97.4 Å². The Bertz CT molecular complexity index is 1330. The van der Waals surface area contributed by atoms with Crippen molar-refractivity contribution < 1.29 is 47.8 Å². The quantitative estimate of drug-likeness (QED) is 0.0234. The summed E-state index contributed by atoms with van der Waals surface area (Å²) in [6.07, 6.45) is 55.3. The molecule has 1 unspecified atom stereocenters. The summed E-state index contributed by atoms with van der Waals surface area (Å²) < 4.78 is 32.6. The molecule has 3 atom stereocenters. The van der Waals surface area contributed by atoms with Gasteiger partial charge >= 0.3 is 19.8 Å². The summed E-state index contributed by atoms with van der Waals surface area (Å²) in [7, 11) is -4.65. The number of esters is 2. The van der Waals surface area contributed by atoms with Crippen molar-refractivity contribution in [2.45, 2.75) is 180 Å². The summed E-state index contributed by atoms with van der Waals surface area (Å²) in [4.78, 5) is 35.0. The molecule has 0 aliphatic carbocycles. The van der Waals surface area contributed by atoms with E-state index in [1.807, 2.05) is 18.2 Å². The number of carbonyl (C=O) groups excluding carboxylic acids is 2. The van der Waals surface area contributed by atoms with E-state index in [4.69, 9.17) is 19.1 Å². The third kappa shape index (κ3) is 44.7. The fourth-order valence-corrected chi connectivity index (χ4v) is 6.41. The minimum Gasteiger partial charge on any atom is -0.462 e. The maximum absolute atomic E-state index is 12.6. The Hall–Kier alpha value is -3.11. The van der Waals surface area contributed by atoms with Gasteiger partial charge in [-0.2, -0.15) is 0 Å². The van der Waals surface area contributed by atoms with Crippen LogP contribution in [0, 0.1) is 0 Å². The van der Waals surface area contributed by atoms with Crippen molar-refractivity contribution in [1.82, 2.24) is 0 Å². The molecule has 0 bridgehead atoms. The minimum atomic E-state index is -4.65. The van der Waals surface area contributed by atoms with Gasteiger partial charge in [-0.15, -0.1) is 0 Å². The van der Waals surface area contributed by atoms with Crippen LogP contribution in [0.3, 0.4) is 0 Å². The van der Waals surface area contributed by atoms with Crippen molar-refractivity contribution in [2.75, 3.05) is 26.4 Å². The Morgan fingerprint density at radius 3 is 1.31 bits per heavy atom. The average Bonchev–Trinajstić information content (AvgIpc) is 3.25. The molecule has 11 heteroatoms. The summed E-state index contributed by atoms with van der Waals surface area (Å²) in [6.45, 7) is 2.21. The molecule has 0 saturated carbocycles. The molecule has 0 aromatic carbocycles. The molecule has 0 heterocycles. The summed E-state index contributed by atoms with van der Waals surface area (Å²) >= 11 is 0. The highest BCUT2D eigenvalue weighted by atomic mass is 31.2. The Balaban J connectivity index is 4.47. The van der Waals surface area contributed by atoms with E-state index in [-0.39, 0.29) is 19.4 Å². The number of phosphoric acid groups is 1. The van der Waals surface area contributed by atoms with Gasteiger partial charge in [0, 0.05) is 12.8 Å². The van der Waals surface area contributed by atoms with Crippen LogP contribution >= 0.6 is 7.82 Å². The fourth-order valence-electron chi connectivity index (χ4n) is 5.62. The highest BCUT2D eigenvalue weighted by Gasteiger charge is 2.27. The smallest absolute Gasteiger partial charge is 0.462 e. The van der Waals surface area contributed by atoms with Crippen LogP contribution in [-0.4, -0.2) is 65.7 Å². The first-order chi connectivity index (χ1) is 29.7. The number of aliphatic hydroxyl groups excluding tert-OH is 2. The van der Waals surface area contributed by atoms with Gasteiger partial charge in [-0.05, 0) is 89.9 Å². The lowest BCUT2D eigenvalue weighted by molar-refractivity contribution is -0.161. The lowest BCUT2D eigenvalue weighted by Gasteiger charge is -2.20. The van der Waals surface area contributed by atoms with Gasteiger partial charge in [-0.3, -0.25) is 18.6 Å². The largest absolute Gasteiger partial charge is 0.472 e. The maximum atomic E-state index is 12.6. The lowest BCUT2D eigenvalue weighted by Crippen LogP contribution is -2.29. The van der Waals surface area contributed by atoms with E-state index in [0.29, 0.717) is 25.7 Å². The van der Waals surface area contributed by atoms with Crippen molar-refractivity contribution in [3.63, 3.8) is 0 Å². The molecule has 61 heavy (non-hydrogen) atoms. The van der Waals surface area contributed by atoms with E-state index in [0.717, 1.165) is 44.9 Å². The topological polar surface area (TPSA) is 149 Å². The standard InChI is InChI=1S/C50H83O10P/c1-3-5-7-9-11-13-15-17-19-21-22-23-24-26-28-30-32-34-36-38-40-42-50(54)60-48(46-59-61(55,56)58-44-47(52)43-51)45-57-49(53)41-39-37-35-33-31-29-27-25-20-18-16-14-12-10-8-6-4-2/h12,14,18-21,23-24,27-30,33-36,47-48,51-52H,3-11,13,15-17,22,25-26,31-32,37-46H2,1-2H3,(H,55,56)/b14-12+,20-18+,21-19+,24-23+,29-27+,30-28+,35-33+,36-34+/t47-,48+/m0/s1. The van der Waals surface area contributed by atoms with Gasteiger partial charge < -0.3 is 24.6 Å². The molecule has 0 aliphatic rings. The third-order valence-electron chi connectivity index (χ3n) is 9.21. The molecule has 0 aliphatic heterocycles. The van der Waals surface area contributed by atoms with E-state index < -0.39 is 51.8 Å². The predicted molar refractivity (Wildman–Crippen MR) is 251 cm³/mol. The zero-order chi connectivity index (χ0) is 44.8. The minimum absolute atomic E-state index is 0.0912. The molecule has 3 N–H and O–H groups in total. The molecule has 0 fully saturated rings. The summed E-state index contributed by atoms with van der Waals surface area (Å²) in [6, 6.07) is 0. The number of hydrogen-bond acceptors (Lipinski definition) is 9. The molecule has 0 spiro atoms. The second-order valence-electron chi connectivity index (χ2n) is 15.1.